The molecule has 126 valence electrons. The fourth-order valence-electron chi connectivity index (χ4n) is 3.07. The summed E-state index contributed by atoms with van der Waals surface area (Å²) >= 11 is 0. The second-order valence-electron chi connectivity index (χ2n) is 6.06. The van der Waals surface area contributed by atoms with Crippen LogP contribution < -0.4 is 11.1 Å². The number of hydrogen-bond acceptors (Lipinski definition) is 3. The molecule has 3 N–H and O–H groups in total. The summed E-state index contributed by atoms with van der Waals surface area (Å²) in [6.45, 7) is 1.50. The van der Waals surface area contributed by atoms with Gasteiger partial charge in [-0.15, -0.1) is 0 Å². The normalized spacial score (nSPS) is 16.6. The third-order valence-electron chi connectivity index (χ3n) is 4.53. The number of carbonyl (C=O) groups is 1. The Balaban J connectivity index is 1.87. The number of halogens is 1. The Kier molecular flexibility index (Phi) is 4.92. The molecule has 2 aromatic carbocycles. The van der Waals surface area contributed by atoms with Crippen molar-refractivity contribution in [2.75, 3.05) is 13.2 Å². The van der Waals surface area contributed by atoms with Crippen LogP contribution in [0.25, 0.3) is 0 Å². The molecule has 1 amide bonds. The standard InChI is InChI=1S/C19H21FN2O2/c20-17-3-1-2-16(12-17)19(8-10-24-11-9-19)22-18(23)15-6-4-14(13-21)5-7-15/h1-7,12H,8-11,13,21H2,(H,22,23). The zero-order valence-electron chi connectivity index (χ0n) is 13.4. The molecule has 2 aromatic rings. The smallest absolute Gasteiger partial charge is 0.251 e. The summed E-state index contributed by atoms with van der Waals surface area (Å²) in [5.41, 5.74) is 7.29. The summed E-state index contributed by atoms with van der Waals surface area (Å²) in [7, 11) is 0. The van der Waals surface area contributed by atoms with Crippen molar-refractivity contribution in [2.45, 2.75) is 24.9 Å². The fourth-order valence-corrected chi connectivity index (χ4v) is 3.07. The van der Waals surface area contributed by atoms with Gasteiger partial charge in [0, 0.05) is 25.3 Å². The Bertz CT molecular complexity index is 710. The molecular formula is C19H21FN2O2. The SMILES string of the molecule is NCc1ccc(C(=O)NC2(c3cccc(F)c3)CCOCC2)cc1. The second kappa shape index (κ2) is 7.11. The minimum Gasteiger partial charge on any atom is -0.381 e. The predicted octanol–water partition coefficient (Wildman–Crippen LogP) is 2.72. The molecule has 1 heterocycles. The van der Waals surface area contributed by atoms with E-state index in [0.717, 1.165) is 11.1 Å². The molecule has 0 saturated carbocycles. The highest BCUT2D eigenvalue weighted by molar-refractivity contribution is 5.94. The Morgan fingerprint density at radius 1 is 1.17 bits per heavy atom. The van der Waals surface area contributed by atoms with Crippen molar-refractivity contribution in [3.63, 3.8) is 0 Å². The molecule has 0 unspecified atom stereocenters. The average molecular weight is 328 g/mol. The van der Waals surface area contributed by atoms with Crippen molar-refractivity contribution in [3.8, 4) is 0 Å². The van der Waals surface area contributed by atoms with Crippen LogP contribution in [0.5, 0.6) is 0 Å². The molecule has 5 heteroatoms. The van der Waals surface area contributed by atoms with Gasteiger partial charge in [-0.1, -0.05) is 24.3 Å². The molecule has 1 aliphatic rings. The number of rotatable bonds is 4. The maximum atomic E-state index is 13.7. The van der Waals surface area contributed by atoms with Gasteiger partial charge in [0.15, 0.2) is 0 Å². The van der Waals surface area contributed by atoms with Crippen molar-refractivity contribution < 1.29 is 13.9 Å². The van der Waals surface area contributed by atoms with Gasteiger partial charge in [0.25, 0.3) is 5.91 Å². The van der Waals surface area contributed by atoms with Gasteiger partial charge < -0.3 is 15.8 Å². The molecule has 0 aliphatic carbocycles. The summed E-state index contributed by atoms with van der Waals surface area (Å²) in [5, 5.41) is 3.11. The molecule has 1 saturated heterocycles. The monoisotopic (exact) mass is 328 g/mol. The lowest BCUT2D eigenvalue weighted by atomic mass is 9.82. The van der Waals surface area contributed by atoms with Gasteiger partial charge in [-0.25, -0.2) is 4.39 Å². The molecule has 0 bridgehead atoms. The van der Waals surface area contributed by atoms with E-state index in [2.05, 4.69) is 5.32 Å². The Labute approximate surface area is 140 Å². The lowest BCUT2D eigenvalue weighted by Gasteiger charge is -2.38. The van der Waals surface area contributed by atoms with E-state index in [1.807, 2.05) is 18.2 Å². The van der Waals surface area contributed by atoms with E-state index in [1.54, 1.807) is 18.2 Å². The number of nitrogens with one attached hydrogen (secondary N) is 1. The van der Waals surface area contributed by atoms with E-state index in [-0.39, 0.29) is 11.7 Å². The van der Waals surface area contributed by atoms with Crippen LogP contribution in [0.4, 0.5) is 4.39 Å². The third kappa shape index (κ3) is 3.47. The van der Waals surface area contributed by atoms with Crippen LogP contribution in [-0.4, -0.2) is 19.1 Å². The van der Waals surface area contributed by atoms with Crippen molar-refractivity contribution >= 4 is 5.91 Å². The van der Waals surface area contributed by atoms with Gasteiger partial charge in [-0.3, -0.25) is 4.79 Å². The van der Waals surface area contributed by atoms with Crippen molar-refractivity contribution in [2.24, 2.45) is 5.73 Å². The van der Waals surface area contributed by atoms with Crippen molar-refractivity contribution in [1.29, 1.82) is 0 Å². The fraction of sp³-hybridized carbons (Fsp3) is 0.316. The van der Waals surface area contributed by atoms with Crippen LogP contribution in [0.15, 0.2) is 48.5 Å². The lowest BCUT2D eigenvalue weighted by Crippen LogP contribution is -2.49. The topological polar surface area (TPSA) is 64.4 Å². The van der Waals surface area contributed by atoms with Crippen LogP contribution in [0, 0.1) is 5.82 Å². The number of benzene rings is 2. The molecule has 0 atom stereocenters. The van der Waals surface area contributed by atoms with E-state index >= 15 is 0 Å². The summed E-state index contributed by atoms with van der Waals surface area (Å²) in [6, 6.07) is 13.6. The molecule has 3 rings (SSSR count). The maximum Gasteiger partial charge on any atom is 0.251 e. The van der Waals surface area contributed by atoms with E-state index in [0.29, 0.717) is 38.2 Å². The average Bonchev–Trinajstić information content (AvgIpc) is 2.62. The van der Waals surface area contributed by atoms with Crippen LogP contribution >= 0.6 is 0 Å². The summed E-state index contributed by atoms with van der Waals surface area (Å²) in [5.74, 6) is -0.482. The lowest BCUT2D eigenvalue weighted by molar-refractivity contribution is 0.0344. The third-order valence-corrected chi connectivity index (χ3v) is 4.53. The van der Waals surface area contributed by atoms with Gasteiger partial charge >= 0.3 is 0 Å². The summed E-state index contributed by atoms with van der Waals surface area (Å²) < 4.78 is 19.1. The van der Waals surface area contributed by atoms with Crippen LogP contribution in [0.2, 0.25) is 0 Å². The molecule has 0 aromatic heterocycles. The molecule has 4 nitrogen and oxygen atoms in total. The van der Waals surface area contributed by atoms with E-state index in [1.165, 1.54) is 12.1 Å². The number of ether oxygens (including phenoxy) is 1. The predicted molar refractivity (Wildman–Crippen MR) is 89.9 cm³/mol. The van der Waals surface area contributed by atoms with Crippen molar-refractivity contribution in [1.82, 2.24) is 5.32 Å². The Morgan fingerprint density at radius 2 is 1.88 bits per heavy atom. The largest absolute Gasteiger partial charge is 0.381 e. The minimum atomic E-state index is -0.607. The maximum absolute atomic E-state index is 13.7. The Hall–Kier alpha value is -2.24. The molecule has 24 heavy (non-hydrogen) atoms. The van der Waals surface area contributed by atoms with Gasteiger partial charge in [-0.05, 0) is 48.2 Å². The van der Waals surface area contributed by atoms with E-state index < -0.39 is 5.54 Å². The highest BCUT2D eigenvalue weighted by Crippen LogP contribution is 2.33. The number of carbonyl (C=O) groups excluding carboxylic acids is 1. The first-order valence-corrected chi connectivity index (χ1v) is 8.08. The molecule has 1 aliphatic heterocycles. The van der Waals surface area contributed by atoms with Gasteiger partial charge in [0.1, 0.15) is 5.82 Å². The number of nitrogens with two attached hydrogens (primary N) is 1. The van der Waals surface area contributed by atoms with Gasteiger partial charge in [0.2, 0.25) is 0 Å². The zero-order valence-corrected chi connectivity index (χ0v) is 13.4. The quantitative estimate of drug-likeness (QED) is 0.907. The molecule has 0 spiro atoms. The van der Waals surface area contributed by atoms with Gasteiger partial charge in [-0.2, -0.15) is 0 Å². The minimum absolute atomic E-state index is 0.176. The molecule has 1 fully saturated rings. The summed E-state index contributed by atoms with van der Waals surface area (Å²) in [4.78, 5) is 12.7. The van der Waals surface area contributed by atoms with Crippen LogP contribution in [-0.2, 0) is 16.8 Å². The zero-order chi connectivity index (χ0) is 17.0. The van der Waals surface area contributed by atoms with E-state index in [9.17, 15) is 9.18 Å². The first-order chi connectivity index (χ1) is 11.6. The van der Waals surface area contributed by atoms with Gasteiger partial charge in [0.05, 0.1) is 5.54 Å². The first-order valence-electron chi connectivity index (χ1n) is 8.08. The van der Waals surface area contributed by atoms with E-state index in [4.69, 9.17) is 10.5 Å². The number of amides is 1. The summed E-state index contributed by atoms with van der Waals surface area (Å²) in [6.07, 6.45) is 1.23. The molecule has 0 radical (unpaired) electrons. The van der Waals surface area contributed by atoms with Crippen LogP contribution in [0.1, 0.15) is 34.3 Å². The second-order valence-corrected chi connectivity index (χ2v) is 6.06. The highest BCUT2D eigenvalue weighted by Gasteiger charge is 2.36. The number of hydrogen-bond donors (Lipinski definition) is 2. The van der Waals surface area contributed by atoms with Crippen LogP contribution in [0.3, 0.4) is 0 Å². The highest BCUT2D eigenvalue weighted by atomic mass is 19.1. The molecular weight excluding hydrogens is 307 g/mol. The Morgan fingerprint density at radius 3 is 2.50 bits per heavy atom. The first kappa shape index (κ1) is 16.6. The van der Waals surface area contributed by atoms with Crippen molar-refractivity contribution in [3.05, 3.63) is 71.0 Å².